The first-order valence-corrected chi connectivity index (χ1v) is 11.4. The molecule has 3 aromatic rings. The van der Waals surface area contributed by atoms with E-state index < -0.39 is 4.92 Å². The van der Waals surface area contributed by atoms with Crippen LogP contribution in [0.15, 0.2) is 84.0 Å². The first-order chi connectivity index (χ1) is 16.9. The second-order valence-electron chi connectivity index (χ2n) is 8.25. The average molecular weight is 485 g/mol. The number of nitrogens with one attached hydrogen (secondary N) is 1. The summed E-state index contributed by atoms with van der Waals surface area (Å²) in [5.41, 5.74) is 5.10. The summed E-state index contributed by atoms with van der Waals surface area (Å²) >= 11 is 6.15. The average Bonchev–Trinajstić information content (AvgIpc) is 2.84. The molecule has 35 heavy (non-hydrogen) atoms. The number of nitro groups is 1. The number of hydrogen-bond acceptors (Lipinski definition) is 6. The van der Waals surface area contributed by atoms with Crippen LogP contribution in [0, 0.1) is 10.1 Å². The Morgan fingerprint density at radius 1 is 1.03 bits per heavy atom. The van der Waals surface area contributed by atoms with Crippen molar-refractivity contribution in [2.24, 2.45) is 4.99 Å². The number of hydrogen-bond donors (Lipinski definition) is 1. The van der Waals surface area contributed by atoms with E-state index in [2.05, 4.69) is 14.9 Å². The molecule has 174 valence electrons. The number of fused-ring (bicyclic) bond motifs is 2. The van der Waals surface area contributed by atoms with Gasteiger partial charge in [0, 0.05) is 16.8 Å². The number of para-hydroxylation sites is 2. The molecule has 2 aliphatic rings. The van der Waals surface area contributed by atoms with Crippen molar-refractivity contribution < 1.29 is 4.92 Å². The minimum absolute atomic E-state index is 0.00529. The number of halogens is 1. The fourth-order valence-electron chi connectivity index (χ4n) is 3.98. The van der Waals surface area contributed by atoms with Crippen LogP contribution < -0.4 is 10.7 Å². The lowest BCUT2D eigenvalue weighted by molar-refractivity contribution is -0.388. The van der Waals surface area contributed by atoms with Gasteiger partial charge in [-0.15, -0.1) is 0 Å². The standard InChI is InChI=1S/C26H21ClN6O2/c1-16(2)29-22-15-25-23(14-21(22)31-20-7-5-13-28-26(20)33(34)35)30-19-6-3-4-8-24(19)32(25)18-11-9-17(27)10-12-18/h3-16,31H,1-2H3/b29-22+. The maximum Gasteiger partial charge on any atom is 0.387 e. The minimum Gasteiger partial charge on any atom is -0.358 e. The molecule has 1 aliphatic carbocycles. The smallest absolute Gasteiger partial charge is 0.358 e. The van der Waals surface area contributed by atoms with Gasteiger partial charge in [0.05, 0.1) is 33.5 Å². The van der Waals surface area contributed by atoms with E-state index in [0.29, 0.717) is 21.8 Å². The molecule has 9 heteroatoms. The predicted molar refractivity (Wildman–Crippen MR) is 138 cm³/mol. The lowest BCUT2D eigenvalue weighted by Crippen LogP contribution is -2.17. The normalized spacial score (nSPS) is 11.9. The molecule has 1 N–H and O–H groups in total. The molecular weight excluding hydrogens is 464 g/mol. The number of pyridine rings is 1. The highest BCUT2D eigenvalue weighted by molar-refractivity contribution is 6.30. The van der Waals surface area contributed by atoms with Gasteiger partial charge in [0.1, 0.15) is 11.9 Å². The van der Waals surface area contributed by atoms with Crippen molar-refractivity contribution >= 4 is 39.8 Å². The highest BCUT2D eigenvalue weighted by atomic mass is 35.5. The van der Waals surface area contributed by atoms with E-state index in [4.69, 9.17) is 21.6 Å². The fraction of sp³-hybridized carbons (Fsp3) is 0.115. The van der Waals surface area contributed by atoms with E-state index in [-0.39, 0.29) is 17.5 Å². The lowest BCUT2D eigenvalue weighted by atomic mass is 10.1. The Kier molecular flexibility index (Phi) is 5.88. The molecule has 2 aromatic carbocycles. The molecule has 0 spiro atoms. The zero-order chi connectivity index (χ0) is 24.5. The van der Waals surface area contributed by atoms with Crippen molar-refractivity contribution in [2.45, 2.75) is 19.9 Å². The molecule has 1 aliphatic heterocycles. The molecule has 0 amide bonds. The number of anilines is 2. The topological polar surface area (TPSA) is 98.2 Å². The Bertz CT molecular complexity index is 1590. The maximum absolute atomic E-state index is 11.5. The van der Waals surface area contributed by atoms with Crippen molar-refractivity contribution in [1.82, 2.24) is 14.5 Å². The molecule has 8 nitrogen and oxygen atoms in total. The Morgan fingerprint density at radius 2 is 1.80 bits per heavy atom. The fourth-order valence-corrected chi connectivity index (χ4v) is 4.11. The second-order valence-corrected chi connectivity index (χ2v) is 8.69. The third-order valence-electron chi connectivity index (χ3n) is 5.41. The molecule has 0 bridgehead atoms. The SMILES string of the molecule is CC(C)/N=c1\cc2n(-c3ccc(Cl)cc3)c3ccccc3nc-2cc1Nc1cccnc1[N+](=O)[O-]. The van der Waals surface area contributed by atoms with Gasteiger partial charge in [-0.2, -0.15) is 0 Å². The molecule has 0 radical (unpaired) electrons. The number of aromatic nitrogens is 3. The monoisotopic (exact) mass is 484 g/mol. The van der Waals surface area contributed by atoms with Gasteiger partial charge in [-0.05, 0) is 84.4 Å². The zero-order valence-electron chi connectivity index (χ0n) is 19.0. The zero-order valence-corrected chi connectivity index (χ0v) is 19.8. The molecule has 0 atom stereocenters. The molecule has 5 rings (SSSR count). The van der Waals surface area contributed by atoms with Crippen LogP contribution in [0.4, 0.5) is 17.2 Å². The Balaban J connectivity index is 1.81. The van der Waals surface area contributed by atoms with E-state index in [1.807, 2.05) is 74.5 Å². The second kappa shape index (κ2) is 9.15. The van der Waals surface area contributed by atoms with E-state index >= 15 is 0 Å². The van der Waals surface area contributed by atoms with Crippen LogP contribution in [0.1, 0.15) is 13.8 Å². The molecule has 0 unspecified atom stereocenters. The van der Waals surface area contributed by atoms with E-state index in [1.54, 1.807) is 12.1 Å². The highest BCUT2D eigenvalue weighted by Crippen LogP contribution is 2.31. The van der Waals surface area contributed by atoms with Crippen LogP contribution in [0.5, 0.6) is 0 Å². The Labute approximate surface area is 206 Å². The first-order valence-electron chi connectivity index (χ1n) is 11.0. The van der Waals surface area contributed by atoms with Gasteiger partial charge in [-0.1, -0.05) is 23.7 Å². The molecule has 0 saturated carbocycles. The van der Waals surface area contributed by atoms with Crippen molar-refractivity contribution in [3.63, 3.8) is 0 Å². The first kappa shape index (κ1) is 22.5. The molecule has 0 fully saturated rings. The van der Waals surface area contributed by atoms with Crippen LogP contribution >= 0.6 is 11.6 Å². The Hall–Kier alpha value is -4.30. The minimum atomic E-state index is -0.511. The number of rotatable bonds is 5. The number of nitrogens with zero attached hydrogens (tertiary/aromatic N) is 5. The number of benzene rings is 3. The molecule has 1 aromatic heterocycles. The van der Waals surface area contributed by atoms with E-state index in [0.717, 1.165) is 22.4 Å². The van der Waals surface area contributed by atoms with Crippen LogP contribution in [0.25, 0.3) is 28.1 Å². The van der Waals surface area contributed by atoms with E-state index in [1.165, 1.54) is 6.20 Å². The predicted octanol–water partition coefficient (Wildman–Crippen LogP) is 6.14. The Morgan fingerprint density at radius 3 is 2.54 bits per heavy atom. The third kappa shape index (κ3) is 4.43. The summed E-state index contributed by atoms with van der Waals surface area (Å²) in [6.45, 7) is 3.96. The summed E-state index contributed by atoms with van der Waals surface area (Å²) < 4.78 is 2.11. The van der Waals surface area contributed by atoms with Gasteiger partial charge >= 0.3 is 5.82 Å². The van der Waals surface area contributed by atoms with Crippen LogP contribution in [0.2, 0.25) is 5.02 Å². The highest BCUT2D eigenvalue weighted by Gasteiger charge is 2.19. The van der Waals surface area contributed by atoms with Crippen LogP contribution in [-0.2, 0) is 0 Å². The van der Waals surface area contributed by atoms with Gasteiger partial charge in [0.2, 0.25) is 0 Å². The molecule has 2 heterocycles. The van der Waals surface area contributed by atoms with Gasteiger partial charge in [-0.3, -0.25) is 4.99 Å². The van der Waals surface area contributed by atoms with Crippen LogP contribution in [-0.4, -0.2) is 25.5 Å². The van der Waals surface area contributed by atoms with Gasteiger partial charge in [0.15, 0.2) is 0 Å². The molecular formula is C26H21ClN6O2. The largest absolute Gasteiger partial charge is 0.387 e. The summed E-state index contributed by atoms with van der Waals surface area (Å²) in [7, 11) is 0. The van der Waals surface area contributed by atoms with E-state index in [9.17, 15) is 10.1 Å². The summed E-state index contributed by atoms with van der Waals surface area (Å²) in [4.78, 5) is 24.6. The summed E-state index contributed by atoms with van der Waals surface area (Å²) in [6.07, 6.45) is 1.39. The summed E-state index contributed by atoms with van der Waals surface area (Å²) in [5.74, 6) is -0.259. The van der Waals surface area contributed by atoms with Crippen molar-refractivity contribution in [2.75, 3.05) is 5.32 Å². The van der Waals surface area contributed by atoms with Gasteiger partial charge in [-0.25, -0.2) is 4.98 Å². The lowest BCUT2D eigenvalue weighted by Gasteiger charge is -2.20. The third-order valence-corrected chi connectivity index (χ3v) is 5.66. The summed E-state index contributed by atoms with van der Waals surface area (Å²) in [6, 6.07) is 22.6. The quantitative estimate of drug-likeness (QED) is 0.183. The molecule has 0 saturated heterocycles. The van der Waals surface area contributed by atoms with Gasteiger partial charge < -0.3 is 20.0 Å². The van der Waals surface area contributed by atoms with Crippen molar-refractivity contribution in [3.8, 4) is 17.1 Å². The maximum atomic E-state index is 11.5. The van der Waals surface area contributed by atoms with Gasteiger partial charge in [0.25, 0.3) is 0 Å². The van der Waals surface area contributed by atoms with Crippen molar-refractivity contribution in [1.29, 1.82) is 0 Å². The summed E-state index contributed by atoms with van der Waals surface area (Å²) in [5, 5.41) is 16.0. The van der Waals surface area contributed by atoms with Crippen molar-refractivity contribution in [3.05, 3.63) is 99.5 Å². The van der Waals surface area contributed by atoms with Crippen LogP contribution in [0.3, 0.4) is 0 Å².